The maximum atomic E-state index is 15.1. The number of hydrogen-bond acceptors (Lipinski definition) is 5. The molecule has 1 aromatic heterocycles. The summed E-state index contributed by atoms with van der Waals surface area (Å²) < 4.78 is 15.1. The average Bonchev–Trinajstić information content (AvgIpc) is 2.97. The zero-order valence-corrected chi connectivity index (χ0v) is 26.8. The molecule has 0 unspecified atom stereocenters. The zero-order valence-electron chi connectivity index (χ0n) is 25.3. The number of amides is 1. The summed E-state index contributed by atoms with van der Waals surface area (Å²) in [5.41, 5.74) is 3.38. The van der Waals surface area contributed by atoms with Crippen LogP contribution in [0.2, 0.25) is 5.02 Å². The third-order valence-corrected chi connectivity index (χ3v) is 9.36. The number of amidine groups is 1. The Balaban J connectivity index is 1.72. The molecule has 1 amide bonds. The van der Waals surface area contributed by atoms with Gasteiger partial charge in [-0.05, 0) is 74.1 Å². The van der Waals surface area contributed by atoms with Gasteiger partial charge >= 0.3 is 0 Å². The SMILES string of the molecule is C=CC(=O)N1C[C@H](C)N(C2=NC(=C)N(c3ccc([S@@](=C)C)cc3C(C)C)c3nc(-c4ccccc4F)c(Cl)cc32)C[C@H]1C. The summed E-state index contributed by atoms with van der Waals surface area (Å²) >= 11 is 6.87. The molecule has 2 aliphatic heterocycles. The fourth-order valence-corrected chi connectivity index (χ4v) is 6.63. The summed E-state index contributed by atoms with van der Waals surface area (Å²) in [6, 6.07) is 14.5. The summed E-state index contributed by atoms with van der Waals surface area (Å²) in [5, 5.41) is 0.316. The van der Waals surface area contributed by atoms with E-state index in [1.165, 1.54) is 12.1 Å². The van der Waals surface area contributed by atoms with Crippen LogP contribution in [-0.4, -0.2) is 63.8 Å². The Morgan fingerprint density at radius 1 is 1.12 bits per heavy atom. The van der Waals surface area contributed by atoms with E-state index >= 15 is 4.39 Å². The molecular weight excluding hydrogens is 581 g/mol. The first-order valence-corrected chi connectivity index (χ1v) is 16.4. The molecule has 6 nitrogen and oxygen atoms in total. The van der Waals surface area contributed by atoms with Crippen molar-refractivity contribution >= 4 is 51.2 Å². The zero-order chi connectivity index (χ0) is 31.2. The van der Waals surface area contributed by atoms with Gasteiger partial charge < -0.3 is 9.80 Å². The number of aromatic nitrogens is 1. The summed E-state index contributed by atoms with van der Waals surface area (Å²) in [5.74, 6) is 5.66. The lowest BCUT2D eigenvalue weighted by molar-refractivity contribution is -0.130. The van der Waals surface area contributed by atoms with E-state index < -0.39 is 5.82 Å². The Bertz CT molecular complexity index is 1690. The topological polar surface area (TPSA) is 52.0 Å². The van der Waals surface area contributed by atoms with Gasteiger partial charge in [0, 0.05) is 35.6 Å². The number of aliphatic imine (C=N–C) groups is 1. The fourth-order valence-electron chi connectivity index (χ4n) is 5.74. The molecule has 3 aromatic rings. The molecule has 5 rings (SSSR count). The lowest BCUT2D eigenvalue weighted by Crippen LogP contribution is -2.59. The number of carbonyl (C=O) groups is 1. The van der Waals surface area contributed by atoms with Crippen molar-refractivity contribution in [3.05, 3.63) is 95.6 Å². The highest BCUT2D eigenvalue weighted by molar-refractivity contribution is 8.13. The van der Waals surface area contributed by atoms with Gasteiger partial charge in [-0.2, -0.15) is 10.5 Å². The Morgan fingerprint density at radius 2 is 1.84 bits per heavy atom. The lowest BCUT2D eigenvalue weighted by atomic mass is 9.98. The van der Waals surface area contributed by atoms with Gasteiger partial charge in [-0.3, -0.25) is 9.69 Å². The summed E-state index contributed by atoms with van der Waals surface area (Å²) in [7, 11) is -0.165. The van der Waals surface area contributed by atoms with E-state index in [0.717, 1.165) is 16.1 Å². The predicted molar refractivity (Wildman–Crippen MR) is 179 cm³/mol. The van der Waals surface area contributed by atoms with E-state index in [0.29, 0.717) is 52.4 Å². The molecule has 0 radical (unpaired) electrons. The largest absolute Gasteiger partial charge is 0.349 e. The fraction of sp³-hybridized carbons (Fsp3) is 0.294. The minimum atomic E-state index is -0.407. The molecule has 0 aliphatic carbocycles. The number of pyridine rings is 1. The smallest absolute Gasteiger partial charge is 0.246 e. The van der Waals surface area contributed by atoms with E-state index in [4.69, 9.17) is 21.6 Å². The quantitative estimate of drug-likeness (QED) is 0.216. The standard InChI is InChI=1S/C34H37ClFN5OS/c1-9-31(42)39-18-22(5)40(19-21(39)4)33-27-17-28(35)32(25-12-10-11-13-29(25)36)38-34(27)41(23(6)37-33)30-15-14-24(43(7)8)16-26(30)20(2)3/h9-17,20-22H,1,6-7,18-19H2,2-5,8H3/t21-,22+,43+/m1/s1. The molecule has 1 saturated heterocycles. The maximum absolute atomic E-state index is 15.1. The highest BCUT2D eigenvalue weighted by atomic mass is 35.5. The first kappa shape index (κ1) is 30.7. The monoisotopic (exact) mass is 617 g/mol. The van der Waals surface area contributed by atoms with Crippen molar-refractivity contribution in [2.75, 3.05) is 24.2 Å². The molecular formula is C34H37ClFN5OS. The molecule has 2 aromatic carbocycles. The van der Waals surface area contributed by atoms with E-state index in [1.54, 1.807) is 18.2 Å². The highest BCUT2D eigenvalue weighted by Gasteiger charge is 2.38. The van der Waals surface area contributed by atoms with E-state index in [1.807, 2.05) is 22.8 Å². The van der Waals surface area contributed by atoms with Crippen molar-refractivity contribution in [2.45, 2.75) is 50.6 Å². The van der Waals surface area contributed by atoms with Crippen molar-refractivity contribution in [2.24, 2.45) is 4.99 Å². The number of benzene rings is 2. The van der Waals surface area contributed by atoms with Crippen LogP contribution in [0, 0.1) is 5.82 Å². The molecule has 0 N–H and O–H groups in total. The van der Waals surface area contributed by atoms with Crippen LogP contribution in [-0.2, 0) is 4.79 Å². The molecule has 2 aliphatic rings. The number of fused-ring (bicyclic) bond motifs is 1. The van der Waals surface area contributed by atoms with Crippen LogP contribution in [0.15, 0.2) is 83.5 Å². The number of hydrogen-bond donors (Lipinski definition) is 0. The normalized spacial score (nSPS) is 19.3. The molecule has 9 heteroatoms. The molecule has 3 atom stereocenters. The van der Waals surface area contributed by atoms with Crippen LogP contribution in [0.25, 0.3) is 11.3 Å². The second-order valence-corrected chi connectivity index (χ2v) is 13.6. The van der Waals surface area contributed by atoms with E-state index in [9.17, 15) is 4.79 Å². The van der Waals surface area contributed by atoms with Gasteiger partial charge in [0.05, 0.1) is 22.0 Å². The first-order valence-electron chi connectivity index (χ1n) is 14.3. The number of nitrogens with zero attached hydrogens (tertiary/aromatic N) is 5. The third kappa shape index (κ3) is 5.66. The van der Waals surface area contributed by atoms with Crippen molar-refractivity contribution in [3.63, 3.8) is 0 Å². The molecule has 43 heavy (non-hydrogen) atoms. The van der Waals surface area contributed by atoms with E-state index in [2.05, 4.69) is 69.2 Å². The van der Waals surface area contributed by atoms with Gasteiger partial charge in [-0.25, -0.2) is 14.4 Å². The van der Waals surface area contributed by atoms with E-state index in [-0.39, 0.29) is 34.4 Å². The van der Waals surface area contributed by atoms with Gasteiger partial charge in [-0.15, -0.1) is 0 Å². The van der Waals surface area contributed by atoms with Crippen LogP contribution in [0.1, 0.15) is 44.7 Å². The van der Waals surface area contributed by atoms with Crippen molar-refractivity contribution in [1.82, 2.24) is 14.8 Å². The third-order valence-electron chi connectivity index (χ3n) is 8.01. The Morgan fingerprint density at radius 3 is 2.49 bits per heavy atom. The average molecular weight is 618 g/mol. The number of piperazine rings is 1. The van der Waals surface area contributed by atoms with Gasteiger partial charge in [0.1, 0.15) is 17.5 Å². The van der Waals surface area contributed by atoms with Gasteiger partial charge in [0.2, 0.25) is 5.91 Å². The Hall–Kier alpha value is -3.75. The lowest BCUT2D eigenvalue weighted by Gasteiger charge is -2.46. The van der Waals surface area contributed by atoms with Crippen molar-refractivity contribution in [3.8, 4) is 11.3 Å². The summed E-state index contributed by atoms with van der Waals surface area (Å²) in [6.45, 7) is 17.5. The van der Waals surface area contributed by atoms with Gasteiger partial charge in [0.15, 0.2) is 5.82 Å². The maximum Gasteiger partial charge on any atom is 0.246 e. The number of halogens is 2. The first-order chi connectivity index (χ1) is 20.4. The molecule has 1 fully saturated rings. The summed E-state index contributed by atoms with van der Waals surface area (Å²) in [6.07, 6.45) is 3.45. The van der Waals surface area contributed by atoms with Crippen LogP contribution < -0.4 is 4.90 Å². The highest BCUT2D eigenvalue weighted by Crippen LogP contribution is 2.44. The molecule has 224 valence electrons. The second kappa shape index (κ2) is 12.1. The van der Waals surface area contributed by atoms with Gasteiger partial charge in [0.25, 0.3) is 0 Å². The molecule has 3 heterocycles. The van der Waals surface area contributed by atoms with Crippen molar-refractivity contribution < 1.29 is 9.18 Å². The van der Waals surface area contributed by atoms with Crippen LogP contribution in [0.5, 0.6) is 0 Å². The molecule has 0 spiro atoms. The Labute approximate surface area is 261 Å². The van der Waals surface area contributed by atoms with Gasteiger partial charge in [-0.1, -0.05) is 56.6 Å². The second-order valence-electron chi connectivity index (χ2n) is 11.4. The minimum absolute atomic E-state index is 0.0545. The Kier molecular flexibility index (Phi) is 8.63. The molecule has 0 saturated carbocycles. The number of carbonyl (C=O) groups excluding carboxylic acids is 1. The van der Waals surface area contributed by atoms with Crippen LogP contribution >= 0.6 is 22.1 Å². The number of rotatable bonds is 5. The van der Waals surface area contributed by atoms with Crippen LogP contribution in [0.4, 0.5) is 15.9 Å². The molecule has 0 bridgehead atoms. The minimum Gasteiger partial charge on any atom is -0.349 e. The number of anilines is 2. The van der Waals surface area contributed by atoms with Crippen molar-refractivity contribution in [1.29, 1.82) is 0 Å². The predicted octanol–water partition coefficient (Wildman–Crippen LogP) is 7.83. The summed E-state index contributed by atoms with van der Waals surface area (Å²) in [4.78, 5) is 29.8. The van der Waals surface area contributed by atoms with Crippen LogP contribution in [0.3, 0.4) is 0 Å².